The van der Waals surface area contributed by atoms with Crippen LogP contribution in [0.2, 0.25) is 5.02 Å². The molecule has 0 atom stereocenters. The predicted octanol–water partition coefficient (Wildman–Crippen LogP) is 4.41. The summed E-state index contributed by atoms with van der Waals surface area (Å²) < 4.78 is 16.4. The molecule has 2 heterocycles. The van der Waals surface area contributed by atoms with E-state index in [1.165, 1.54) is 0 Å². The molecule has 6 nitrogen and oxygen atoms in total. The van der Waals surface area contributed by atoms with Crippen LogP contribution in [0.25, 0.3) is 22.4 Å². The summed E-state index contributed by atoms with van der Waals surface area (Å²) in [7, 11) is 1.54. The maximum absolute atomic E-state index is 6.77. The average molecular weight is 398 g/mol. The van der Waals surface area contributed by atoms with E-state index in [0.29, 0.717) is 35.5 Å². The van der Waals surface area contributed by atoms with Crippen molar-refractivity contribution in [2.45, 2.75) is 13.2 Å². The van der Waals surface area contributed by atoms with Gasteiger partial charge in [-0.3, -0.25) is 0 Å². The first-order chi connectivity index (χ1) is 13.6. The number of methoxy groups -OCH3 is 1. The number of rotatable bonds is 4. The second-order valence-electron chi connectivity index (χ2n) is 6.41. The van der Waals surface area contributed by atoms with Gasteiger partial charge in [-0.15, -0.1) is 0 Å². The molecule has 2 N–H and O–H groups in total. The van der Waals surface area contributed by atoms with Crippen LogP contribution in [0.4, 0.5) is 5.69 Å². The Morgan fingerprint density at radius 3 is 2.50 bits per heavy atom. The van der Waals surface area contributed by atoms with Gasteiger partial charge in [-0.05, 0) is 24.1 Å². The van der Waals surface area contributed by atoms with Gasteiger partial charge in [-0.2, -0.15) is 0 Å². The van der Waals surface area contributed by atoms with Crippen LogP contribution in [0.1, 0.15) is 17.5 Å². The molecule has 144 valence electrons. The fraction of sp³-hybridized carbons (Fsp3) is 0.238. The smallest absolute Gasteiger partial charge is 0.241 e. The number of nitrogens with two attached hydrogens (primary N) is 1. The molecule has 2 aromatic carbocycles. The molecule has 3 aromatic rings. The molecule has 4 rings (SSSR count). The maximum Gasteiger partial charge on any atom is 0.241 e. The minimum atomic E-state index is -0.562. The van der Waals surface area contributed by atoms with Crippen molar-refractivity contribution in [3.05, 3.63) is 58.9 Å². The standard InChI is InChI=1S/C21H20ClN3O3/c1-12-13(5-4-8-16(12)23)14-6-3-7-15(18(14)22)17-11-24-19(20(25-17)26-2)21-27-9-10-28-21/h3-8,11,21H,9-10,23H2,1-2H3. The van der Waals surface area contributed by atoms with Crippen molar-refractivity contribution in [2.24, 2.45) is 0 Å². The quantitative estimate of drug-likeness (QED) is 0.657. The Labute approximate surface area is 168 Å². The summed E-state index contributed by atoms with van der Waals surface area (Å²) in [4.78, 5) is 9.05. The van der Waals surface area contributed by atoms with Gasteiger partial charge in [-0.1, -0.05) is 41.9 Å². The minimum absolute atomic E-state index is 0.353. The Kier molecular flexibility index (Phi) is 5.17. The van der Waals surface area contributed by atoms with Crippen LogP contribution in [0.3, 0.4) is 0 Å². The normalized spacial score (nSPS) is 14.4. The number of halogens is 1. The van der Waals surface area contributed by atoms with Crippen molar-refractivity contribution in [3.63, 3.8) is 0 Å². The van der Waals surface area contributed by atoms with Gasteiger partial charge in [0.25, 0.3) is 0 Å². The van der Waals surface area contributed by atoms with E-state index in [4.69, 9.17) is 31.5 Å². The van der Waals surface area contributed by atoms with Crippen LogP contribution in [0.5, 0.6) is 5.88 Å². The third-order valence-corrected chi connectivity index (χ3v) is 5.15. The van der Waals surface area contributed by atoms with Gasteiger partial charge in [0.05, 0.1) is 37.2 Å². The van der Waals surface area contributed by atoms with Crippen molar-refractivity contribution in [2.75, 3.05) is 26.1 Å². The molecule has 7 heteroatoms. The Balaban J connectivity index is 1.79. The molecule has 0 bridgehead atoms. The minimum Gasteiger partial charge on any atom is -0.480 e. The number of ether oxygens (including phenoxy) is 3. The van der Waals surface area contributed by atoms with E-state index in [2.05, 4.69) is 9.97 Å². The van der Waals surface area contributed by atoms with Crippen molar-refractivity contribution in [3.8, 4) is 28.3 Å². The lowest BCUT2D eigenvalue weighted by atomic mass is 9.97. The van der Waals surface area contributed by atoms with Crippen LogP contribution in [0.15, 0.2) is 42.6 Å². The number of benzene rings is 2. The van der Waals surface area contributed by atoms with Crippen LogP contribution in [-0.4, -0.2) is 30.3 Å². The van der Waals surface area contributed by atoms with Gasteiger partial charge in [0.1, 0.15) is 0 Å². The number of nitrogens with zero attached hydrogens (tertiary/aromatic N) is 2. The lowest BCUT2D eigenvalue weighted by molar-refractivity contribution is -0.0491. The molecule has 28 heavy (non-hydrogen) atoms. The van der Waals surface area contributed by atoms with E-state index in [0.717, 1.165) is 27.9 Å². The van der Waals surface area contributed by atoms with Crippen molar-refractivity contribution in [1.82, 2.24) is 9.97 Å². The highest BCUT2D eigenvalue weighted by atomic mass is 35.5. The van der Waals surface area contributed by atoms with E-state index in [1.807, 2.05) is 43.3 Å². The lowest BCUT2D eigenvalue weighted by Gasteiger charge is -2.15. The zero-order valence-corrected chi connectivity index (χ0v) is 16.4. The number of nitrogen functional groups attached to an aromatic ring is 1. The Hall–Kier alpha value is -2.67. The summed E-state index contributed by atoms with van der Waals surface area (Å²) >= 11 is 6.77. The van der Waals surface area contributed by atoms with Gasteiger partial charge >= 0.3 is 0 Å². The van der Waals surface area contributed by atoms with E-state index >= 15 is 0 Å². The van der Waals surface area contributed by atoms with Crippen LogP contribution >= 0.6 is 11.6 Å². The molecule has 1 fully saturated rings. The third kappa shape index (κ3) is 3.30. The van der Waals surface area contributed by atoms with Crippen molar-refractivity contribution < 1.29 is 14.2 Å². The number of hydrogen-bond donors (Lipinski definition) is 1. The first-order valence-electron chi connectivity index (χ1n) is 8.88. The Morgan fingerprint density at radius 1 is 1.07 bits per heavy atom. The van der Waals surface area contributed by atoms with Crippen molar-refractivity contribution >= 4 is 17.3 Å². The Morgan fingerprint density at radius 2 is 1.75 bits per heavy atom. The van der Waals surface area contributed by atoms with Gasteiger partial charge in [0.2, 0.25) is 12.2 Å². The predicted molar refractivity (Wildman–Crippen MR) is 108 cm³/mol. The first-order valence-corrected chi connectivity index (χ1v) is 9.26. The molecule has 0 unspecified atom stereocenters. The Bertz CT molecular complexity index is 1020. The highest BCUT2D eigenvalue weighted by molar-refractivity contribution is 6.36. The van der Waals surface area contributed by atoms with E-state index in [-0.39, 0.29) is 0 Å². The molecule has 0 amide bonds. The molecular weight excluding hydrogens is 378 g/mol. The molecule has 1 saturated heterocycles. The van der Waals surface area contributed by atoms with Crippen molar-refractivity contribution in [1.29, 1.82) is 0 Å². The van der Waals surface area contributed by atoms with Crippen LogP contribution < -0.4 is 10.5 Å². The largest absolute Gasteiger partial charge is 0.480 e. The second kappa shape index (κ2) is 7.75. The number of aromatic nitrogens is 2. The molecule has 1 aliphatic rings. The molecule has 0 aliphatic carbocycles. The highest BCUT2D eigenvalue weighted by Gasteiger charge is 2.25. The summed E-state index contributed by atoms with van der Waals surface area (Å²) in [6.07, 6.45) is 1.09. The van der Waals surface area contributed by atoms with Gasteiger partial charge < -0.3 is 19.9 Å². The number of anilines is 1. The second-order valence-corrected chi connectivity index (χ2v) is 6.79. The monoisotopic (exact) mass is 397 g/mol. The van der Waals surface area contributed by atoms with Gasteiger partial charge in [-0.25, -0.2) is 9.97 Å². The van der Waals surface area contributed by atoms with E-state index < -0.39 is 6.29 Å². The highest BCUT2D eigenvalue weighted by Crippen LogP contribution is 2.39. The van der Waals surface area contributed by atoms with Gasteiger partial charge in [0.15, 0.2) is 5.69 Å². The zero-order chi connectivity index (χ0) is 19.7. The summed E-state index contributed by atoms with van der Waals surface area (Å²) in [5.41, 5.74) is 11.5. The molecule has 1 aliphatic heterocycles. The SMILES string of the molecule is COc1nc(-c2cccc(-c3cccc(N)c3C)c2Cl)cnc1C1OCCO1. The molecule has 1 aromatic heterocycles. The van der Waals surface area contributed by atoms with Crippen LogP contribution in [0, 0.1) is 6.92 Å². The molecule has 0 radical (unpaired) electrons. The zero-order valence-electron chi connectivity index (χ0n) is 15.6. The van der Waals surface area contributed by atoms with Crippen LogP contribution in [-0.2, 0) is 9.47 Å². The molecule has 0 spiro atoms. The molecule has 0 saturated carbocycles. The third-order valence-electron chi connectivity index (χ3n) is 4.75. The fourth-order valence-corrected chi connectivity index (χ4v) is 3.55. The first kappa shape index (κ1) is 18.7. The molecular formula is C21H20ClN3O3. The van der Waals surface area contributed by atoms with E-state index in [1.54, 1.807) is 13.3 Å². The summed E-state index contributed by atoms with van der Waals surface area (Å²) in [6, 6.07) is 11.6. The summed E-state index contributed by atoms with van der Waals surface area (Å²) in [6.45, 7) is 3.02. The average Bonchev–Trinajstić information content (AvgIpc) is 3.25. The topological polar surface area (TPSA) is 79.5 Å². The van der Waals surface area contributed by atoms with Gasteiger partial charge in [0, 0.05) is 16.8 Å². The number of hydrogen-bond acceptors (Lipinski definition) is 6. The summed E-state index contributed by atoms with van der Waals surface area (Å²) in [5.74, 6) is 0.353. The summed E-state index contributed by atoms with van der Waals surface area (Å²) in [5, 5.41) is 0.577. The lowest BCUT2D eigenvalue weighted by Crippen LogP contribution is -2.06. The van der Waals surface area contributed by atoms with E-state index in [9.17, 15) is 0 Å². The fourth-order valence-electron chi connectivity index (χ4n) is 3.22. The maximum atomic E-state index is 6.77.